The van der Waals surface area contributed by atoms with E-state index in [0.29, 0.717) is 36.6 Å². The SMILES string of the molecule is O=C(NC1CCN(C(=O)OCc2ccccc2)CC1)c1cc2c(Nc3ccc4cn[nH]c4c3)ncnc2s1. The van der Waals surface area contributed by atoms with Crippen molar-refractivity contribution in [2.24, 2.45) is 0 Å². The van der Waals surface area contributed by atoms with Crippen LogP contribution in [-0.2, 0) is 11.3 Å². The maximum Gasteiger partial charge on any atom is 0.410 e. The van der Waals surface area contributed by atoms with E-state index in [1.165, 1.54) is 17.7 Å². The molecule has 1 saturated heterocycles. The quantitative estimate of drug-likeness (QED) is 0.288. The average Bonchev–Trinajstić information content (AvgIpc) is 3.60. The van der Waals surface area contributed by atoms with Gasteiger partial charge >= 0.3 is 6.09 Å². The van der Waals surface area contributed by atoms with Crippen molar-refractivity contribution in [3.63, 3.8) is 0 Å². The van der Waals surface area contributed by atoms with Crippen molar-refractivity contribution in [2.45, 2.75) is 25.5 Å². The van der Waals surface area contributed by atoms with Crippen molar-refractivity contribution in [2.75, 3.05) is 18.4 Å². The number of rotatable bonds is 6. The predicted molar refractivity (Wildman–Crippen MR) is 145 cm³/mol. The van der Waals surface area contributed by atoms with Crippen LogP contribution in [0.5, 0.6) is 0 Å². The highest BCUT2D eigenvalue weighted by Gasteiger charge is 2.26. The minimum absolute atomic E-state index is 0.0179. The number of benzene rings is 2. The van der Waals surface area contributed by atoms with Gasteiger partial charge in [0.15, 0.2) is 0 Å². The summed E-state index contributed by atoms with van der Waals surface area (Å²) in [6.45, 7) is 1.32. The van der Waals surface area contributed by atoms with Crippen LogP contribution >= 0.6 is 11.3 Å². The summed E-state index contributed by atoms with van der Waals surface area (Å²) in [5, 5.41) is 15.3. The van der Waals surface area contributed by atoms with Crippen LogP contribution < -0.4 is 10.6 Å². The molecule has 38 heavy (non-hydrogen) atoms. The largest absolute Gasteiger partial charge is 0.445 e. The number of aromatic amines is 1. The number of nitrogens with zero attached hydrogens (tertiary/aromatic N) is 4. The molecule has 2 amide bonds. The molecular formula is C27H25N7O3S. The highest BCUT2D eigenvalue weighted by Crippen LogP contribution is 2.31. The lowest BCUT2D eigenvalue weighted by atomic mass is 10.1. The molecule has 1 fully saturated rings. The minimum atomic E-state index is -0.326. The summed E-state index contributed by atoms with van der Waals surface area (Å²) in [5.41, 5.74) is 2.72. The standard InChI is InChI=1S/C27H25N7O3S/c35-25(32-19-8-10-34(11-9-19)27(36)37-15-17-4-2-1-3-5-17)23-13-21-24(28-16-29-26(21)38-23)31-20-7-6-18-14-30-33-22(18)12-20/h1-7,12-14,16,19H,8-11,15H2,(H,30,33)(H,32,35)(H,28,29,31). The number of carbonyl (C=O) groups excluding carboxylic acids is 2. The van der Waals surface area contributed by atoms with Gasteiger partial charge in [0.1, 0.15) is 23.6 Å². The lowest BCUT2D eigenvalue weighted by molar-refractivity contribution is 0.0810. The normalized spacial score (nSPS) is 14.1. The van der Waals surface area contributed by atoms with E-state index in [4.69, 9.17) is 4.74 Å². The zero-order valence-electron chi connectivity index (χ0n) is 20.4. The molecular weight excluding hydrogens is 502 g/mol. The van der Waals surface area contributed by atoms with Crippen molar-refractivity contribution in [1.82, 2.24) is 30.4 Å². The van der Waals surface area contributed by atoms with E-state index < -0.39 is 0 Å². The number of hydrogen-bond donors (Lipinski definition) is 3. The van der Waals surface area contributed by atoms with Crippen molar-refractivity contribution >= 4 is 56.0 Å². The summed E-state index contributed by atoms with van der Waals surface area (Å²) in [5.74, 6) is 0.481. The summed E-state index contributed by atoms with van der Waals surface area (Å²) >= 11 is 1.33. The maximum atomic E-state index is 13.1. The third-order valence-electron chi connectivity index (χ3n) is 6.55. The van der Waals surface area contributed by atoms with Crippen LogP contribution in [-0.4, -0.2) is 56.2 Å². The van der Waals surface area contributed by atoms with Gasteiger partial charge in [0.05, 0.1) is 22.0 Å². The zero-order valence-corrected chi connectivity index (χ0v) is 21.2. The molecule has 5 aromatic rings. The lowest BCUT2D eigenvalue weighted by Crippen LogP contribution is -2.46. The Kier molecular flexibility index (Phi) is 6.57. The second-order valence-corrected chi connectivity index (χ2v) is 10.2. The number of carbonyl (C=O) groups is 2. The van der Waals surface area contributed by atoms with E-state index in [9.17, 15) is 9.59 Å². The maximum absolute atomic E-state index is 13.1. The first-order chi connectivity index (χ1) is 18.6. The van der Waals surface area contributed by atoms with Crippen LogP contribution in [0.2, 0.25) is 0 Å². The van der Waals surface area contributed by atoms with Gasteiger partial charge in [-0.05, 0) is 42.7 Å². The fourth-order valence-electron chi connectivity index (χ4n) is 4.49. The topological polar surface area (TPSA) is 125 Å². The Morgan fingerprint density at radius 1 is 1.08 bits per heavy atom. The number of thiophene rings is 1. The molecule has 1 aliphatic rings. The minimum Gasteiger partial charge on any atom is -0.445 e. The molecule has 0 saturated carbocycles. The Bertz CT molecular complexity index is 1590. The van der Waals surface area contributed by atoms with Gasteiger partial charge < -0.3 is 20.3 Å². The summed E-state index contributed by atoms with van der Waals surface area (Å²) in [4.78, 5) is 37.2. The smallest absolute Gasteiger partial charge is 0.410 e. The fraction of sp³-hybridized carbons (Fsp3) is 0.222. The molecule has 10 nitrogen and oxygen atoms in total. The summed E-state index contributed by atoms with van der Waals surface area (Å²) in [6, 6.07) is 17.3. The number of piperidine rings is 1. The van der Waals surface area contributed by atoms with Gasteiger partial charge in [0, 0.05) is 30.2 Å². The van der Waals surface area contributed by atoms with Crippen molar-refractivity contribution in [3.8, 4) is 0 Å². The Morgan fingerprint density at radius 2 is 1.92 bits per heavy atom. The molecule has 0 aliphatic carbocycles. The van der Waals surface area contributed by atoms with Crippen LogP contribution in [0.1, 0.15) is 28.1 Å². The van der Waals surface area contributed by atoms with Gasteiger partial charge in [-0.25, -0.2) is 14.8 Å². The van der Waals surface area contributed by atoms with E-state index in [0.717, 1.165) is 32.4 Å². The van der Waals surface area contributed by atoms with Crippen molar-refractivity contribution in [1.29, 1.82) is 0 Å². The Morgan fingerprint density at radius 3 is 2.76 bits per heavy atom. The monoisotopic (exact) mass is 527 g/mol. The summed E-state index contributed by atoms with van der Waals surface area (Å²) in [6.07, 6.45) is 4.27. The Hall–Kier alpha value is -4.51. The number of ether oxygens (including phenoxy) is 1. The lowest BCUT2D eigenvalue weighted by Gasteiger charge is -2.31. The Labute approximate surface area is 222 Å². The summed E-state index contributed by atoms with van der Waals surface area (Å²) in [7, 11) is 0. The van der Waals surface area contributed by atoms with Gasteiger partial charge in [-0.15, -0.1) is 11.3 Å². The molecule has 6 rings (SSSR count). The van der Waals surface area contributed by atoms with E-state index >= 15 is 0 Å². The molecule has 0 spiro atoms. The first kappa shape index (κ1) is 23.9. The van der Waals surface area contributed by atoms with E-state index in [1.54, 1.807) is 11.1 Å². The van der Waals surface area contributed by atoms with Gasteiger partial charge in [0.2, 0.25) is 0 Å². The van der Waals surface area contributed by atoms with Crippen LogP contribution in [0.25, 0.3) is 21.1 Å². The Balaban J connectivity index is 1.06. The van der Waals surface area contributed by atoms with Gasteiger partial charge in [0.25, 0.3) is 5.91 Å². The fourth-order valence-corrected chi connectivity index (χ4v) is 5.39. The number of H-pyrrole nitrogens is 1. The third-order valence-corrected chi connectivity index (χ3v) is 7.59. The van der Waals surface area contributed by atoms with E-state index in [1.807, 2.05) is 54.6 Å². The number of nitrogens with one attached hydrogen (secondary N) is 3. The van der Waals surface area contributed by atoms with Gasteiger partial charge in [-0.1, -0.05) is 30.3 Å². The molecule has 0 bridgehead atoms. The van der Waals surface area contributed by atoms with Crippen molar-refractivity contribution < 1.29 is 14.3 Å². The molecule has 0 atom stereocenters. The predicted octanol–water partition coefficient (Wildman–Crippen LogP) is 4.84. The number of hydrogen-bond acceptors (Lipinski definition) is 8. The van der Waals surface area contributed by atoms with E-state index in [2.05, 4.69) is 30.8 Å². The van der Waals surface area contributed by atoms with Crippen LogP contribution in [0.4, 0.5) is 16.3 Å². The second-order valence-electron chi connectivity index (χ2n) is 9.12. The molecule has 2 aromatic carbocycles. The van der Waals surface area contributed by atoms with E-state index in [-0.39, 0.29) is 24.6 Å². The van der Waals surface area contributed by atoms with Gasteiger partial charge in [-0.3, -0.25) is 9.89 Å². The molecule has 3 aromatic heterocycles. The number of anilines is 2. The number of aromatic nitrogens is 4. The van der Waals surface area contributed by atoms with Crippen LogP contribution in [0.3, 0.4) is 0 Å². The first-order valence-corrected chi connectivity index (χ1v) is 13.2. The summed E-state index contributed by atoms with van der Waals surface area (Å²) < 4.78 is 5.44. The van der Waals surface area contributed by atoms with Gasteiger partial charge in [-0.2, -0.15) is 5.10 Å². The molecule has 0 radical (unpaired) electrons. The third kappa shape index (κ3) is 5.14. The molecule has 11 heteroatoms. The number of fused-ring (bicyclic) bond motifs is 2. The highest BCUT2D eigenvalue weighted by atomic mass is 32.1. The average molecular weight is 528 g/mol. The van der Waals surface area contributed by atoms with Crippen molar-refractivity contribution in [3.05, 3.63) is 77.6 Å². The number of amides is 2. The molecule has 3 N–H and O–H groups in total. The second kappa shape index (κ2) is 10.5. The number of likely N-dealkylation sites (tertiary alicyclic amines) is 1. The molecule has 192 valence electrons. The molecule has 0 unspecified atom stereocenters. The molecule has 4 heterocycles. The zero-order chi connectivity index (χ0) is 25.9. The highest BCUT2D eigenvalue weighted by molar-refractivity contribution is 7.20. The first-order valence-electron chi connectivity index (χ1n) is 12.3. The molecule has 1 aliphatic heterocycles. The van der Waals surface area contributed by atoms with Crippen LogP contribution in [0.15, 0.2) is 67.1 Å². The van der Waals surface area contributed by atoms with Crippen LogP contribution in [0, 0.1) is 0 Å².